The van der Waals surface area contributed by atoms with Crippen LogP contribution in [0.4, 0.5) is 0 Å². The van der Waals surface area contributed by atoms with E-state index in [-0.39, 0.29) is 11.7 Å². The second-order valence-corrected chi connectivity index (χ2v) is 7.45. The van der Waals surface area contributed by atoms with Gasteiger partial charge in [0.2, 0.25) is 11.8 Å². The van der Waals surface area contributed by atoms with E-state index in [1.165, 1.54) is 11.8 Å². The summed E-state index contributed by atoms with van der Waals surface area (Å²) in [7, 11) is 1.61. The molecule has 0 aliphatic rings. The standard InChI is InChI=1S/C21H21N5O3S/c1-28-16-9-7-15(8-10-16)20-24-25-21(29-20)30-13-19(27)22-11-4-12-26-14-23-17-5-2-3-6-18(17)26/h2-3,5-10,14H,4,11-13H2,1H3,(H,22,27). The summed E-state index contributed by atoms with van der Waals surface area (Å²) in [5.74, 6) is 1.32. The van der Waals surface area contributed by atoms with E-state index in [0.717, 1.165) is 35.3 Å². The van der Waals surface area contributed by atoms with E-state index in [0.29, 0.717) is 17.7 Å². The number of carbonyl (C=O) groups is 1. The number of hydrogen-bond donors (Lipinski definition) is 1. The number of imidazole rings is 1. The van der Waals surface area contributed by atoms with Gasteiger partial charge in [0.1, 0.15) is 5.75 Å². The fourth-order valence-electron chi connectivity index (χ4n) is 2.96. The number of thioether (sulfide) groups is 1. The van der Waals surface area contributed by atoms with Crippen molar-refractivity contribution in [2.24, 2.45) is 0 Å². The lowest BCUT2D eigenvalue weighted by Gasteiger charge is -2.06. The Morgan fingerprint density at radius 2 is 2.00 bits per heavy atom. The molecule has 154 valence electrons. The Morgan fingerprint density at radius 1 is 1.17 bits per heavy atom. The van der Waals surface area contributed by atoms with Gasteiger partial charge in [-0.3, -0.25) is 4.79 Å². The van der Waals surface area contributed by atoms with E-state index in [2.05, 4.69) is 25.1 Å². The van der Waals surface area contributed by atoms with Crippen molar-refractivity contribution in [2.75, 3.05) is 19.4 Å². The molecule has 1 amide bonds. The van der Waals surface area contributed by atoms with Crippen molar-refractivity contribution in [3.63, 3.8) is 0 Å². The number of aryl methyl sites for hydroxylation is 1. The second-order valence-electron chi connectivity index (χ2n) is 6.52. The third-order valence-electron chi connectivity index (χ3n) is 4.50. The van der Waals surface area contributed by atoms with E-state index >= 15 is 0 Å². The molecule has 1 N–H and O–H groups in total. The van der Waals surface area contributed by atoms with Gasteiger partial charge in [-0.2, -0.15) is 0 Å². The molecule has 4 rings (SSSR count). The molecule has 0 radical (unpaired) electrons. The molecule has 0 fully saturated rings. The van der Waals surface area contributed by atoms with Gasteiger partial charge in [0.15, 0.2) is 0 Å². The molecule has 0 aliphatic carbocycles. The Kier molecular flexibility index (Phi) is 6.29. The first-order valence-electron chi connectivity index (χ1n) is 9.50. The van der Waals surface area contributed by atoms with Crippen LogP contribution >= 0.6 is 11.8 Å². The first-order chi connectivity index (χ1) is 14.7. The van der Waals surface area contributed by atoms with Gasteiger partial charge in [-0.05, 0) is 42.8 Å². The molecule has 0 unspecified atom stereocenters. The minimum absolute atomic E-state index is 0.0697. The number of rotatable bonds is 9. The summed E-state index contributed by atoms with van der Waals surface area (Å²) in [6.45, 7) is 1.38. The Hall–Kier alpha value is -3.33. The molecule has 0 aliphatic heterocycles. The average molecular weight is 423 g/mol. The number of hydrogen-bond acceptors (Lipinski definition) is 7. The van der Waals surface area contributed by atoms with Crippen LogP contribution in [0.5, 0.6) is 5.75 Å². The van der Waals surface area contributed by atoms with E-state index in [9.17, 15) is 4.79 Å². The molecule has 0 spiro atoms. The maximum atomic E-state index is 12.1. The topological polar surface area (TPSA) is 95.1 Å². The minimum Gasteiger partial charge on any atom is -0.497 e. The summed E-state index contributed by atoms with van der Waals surface area (Å²) >= 11 is 1.22. The summed E-state index contributed by atoms with van der Waals surface area (Å²) in [4.78, 5) is 16.5. The number of nitrogens with zero attached hydrogens (tertiary/aromatic N) is 4. The zero-order valence-corrected chi connectivity index (χ0v) is 17.3. The highest BCUT2D eigenvalue weighted by atomic mass is 32.2. The first kappa shape index (κ1) is 20.0. The molecule has 4 aromatic rings. The van der Waals surface area contributed by atoms with Crippen LogP contribution in [-0.2, 0) is 11.3 Å². The SMILES string of the molecule is COc1ccc(-c2nnc(SCC(=O)NCCCn3cnc4ccccc43)o2)cc1. The van der Waals surface area contributed by atoms with Gasteiger partial charge in [0, 0.05) is 18.7 Å². The Bertz CT molecular complexity index is 1120. The largest absolute Gasteiger partial charge is 0.497 e. The smallest absolute Gasteiger partial charge is 0.277 e. The highest BCUT2D eigenvalue weighted by molar-refractivity contribution is 7.99. The molecule has 2 aromatic carbocycles. The molecular weight excluding hydrogens is 402 g/mol. The molecule has 2 aromatic heterocycles. The molecule has 0 atom stereocenters. The van der Waals surface area contributed by atoms with Crippen molar-refractivity contribution < 1.29 is 13.9 Å². The van der Waals surface area contributed by atoms with Crippen LogP contribution in [-0.4, -0.2) is 45.1 Å². The number of amides is 1. The lowest BCUT2D eigenvalue weighted by atomic mass is 10.2. The molecule has 9 heteroatoms. The number of methoxy groups -OCH3 is 1. The predicted octanol–water partition coefficient (Wildman–Crippen LogP) is 3.39. The fourth-order valence-corrected chi connectivity index (χ4v) is 3.56. The third kappa shape index (κ3) is 4.80. The van der Waals surface area contributed by atoms with Gasteiger partial charge in [0.05, 0.1) is 30.2 Å². The first-order valence-corrected chi connectivity index (χ1v) is 10.5. The fraction of sp³-hybridized carbons (Fsp3) is 0.238. The molecule has 30 heavy (non-hydrogen) atoms. The Balaban J connectivity index is 1.20. The normalized spacial score (nSPS) is 11.0. The van der Waals surface area contributed by atoms with Gasteiger partial charge in [-0.25, -0.2) is 4.98 Å². The van der Waals surface area contributed by atoms with Crippen LogP contribution in [0.15, 0.2) is 64.5 Å². The number of carbonyl (C=O) groups excluding carboxylic acids is 1. The monoisotopic (exact) mass is 423 g/mol. The number of ether oxygens (including phenoxy) is 1. The van der Waals surface area contributed by atoms with E-state index < -0.39 is 0 Å². The third-order valence-corrected chi connectivity index (χ3v) is 5.31. The van der Waals surface area contributed by atoms with Crippen LogP contribution in [0.3, 0.4) is 0 Å². The van der Waals surface area contributed by atoms with Gasteiger partial charge < -0.3 is 19.0 Å². The minimum atomic E-state index is -0.0697. The summed E-state index contributed by atoms with van der Waals surface area (Å²) < 4.78 is 12.8. The van der Waals surface area contributed by atoms with Crippen LogP contribution in [0, 0.1) is 0 Å². The Morgan fingerprint density at radius 3 is 2.83 bits per heavy atom. The second kappa shape index (κ2) is 9.45. The quantitative estimate of drug-likeness (QED) is 0.326. The van der Waals surface area contributed by atoms with Gasteiger partial charge >= 0.3 is 0 Å². The summed E-state index contributed by atoms with van der Waals surface area (Å²) in [6, 6.07) is 15.3. The predicted molar refractivity (Wildman–Crippen MR) is 114 cm³/mol. The van der Waals surface area contributed by atoms with Gasteiger partial charge in [-0.15, -0.1) is 10.2 Å². The lowest BCUT2D eigenvalue weighted by Crippen LogP contribution is -2.26. The number of para-hydroxylation sites is 2. The van der Waals surface area contributed by atoms with Crippen molar-refractivity contribution in [1.82, 2.24) is 25.1 Å². The van der Waals surface area contributed by atoms with Crippen molar-refractivity contribution in [2.45, 2.75) is 18.2 Å². The number of aromatic nitrogens is 4. The van der Waals surface area contributed by atoms with Gasteiger partial charge in [0.25, 0.3) is 5.22 Å². The zero-order chi connectivity index (χ0) is 20.8. The molecular formula is C21H21N5O3S. The Labute approximate surface area is 177 Å². The summed E-state index contributed by atoms with van der Waals surface area (Å²) in [6.07, 6.45) is 2.65. The van der Waals surface area contributed by atoms with Crippen LogP contribution in [0.1, 0.15) is 6.42 Å². The molecule has 0 saturated heterocycles. The summed E-state index contributed by atoms with van der Waals surface area (Å²) in [5.41, 5.74) is 2.88. The van der Waals surface area contributed by atoms with E-state index in [1.807, 2.05) is 54.9 Å². The van der Waals surface area contributed by atoms with Crippen molar-refractivity contribution in [3.05, 3.63) is 54.9 Å². The van der Waals surface area contributed by atoms with Gasteiger partial charge in [-0.1, -0.05) is 23.9 Å². The van der Waals surface area contributed by atoms with E-state index in [1.54, 1.807) is 7.11 Å². The van der Waals surface area contributed by atoms with Crippen LogP contribution in [0.2, 0.25) is 0 Å². The summed E-state index contributed by atoms with van der Waals surface area (Å²) in [5, 5.41) is 11.3. The maximum Gasteiger partial charge on any atom is 0.277 e. The molecule has 0 bridgehead atoms. The average Bonchev–Trinajstić information content (AvgIpc) is 3.43. The maximum absolute atomic E-state index is 12.1. The highest BCUT2D eigenvalue weighted by Crippen LogP contribution is 2.24. The zero-order valence-electron chi connectivity index (χ0n) is 16.4. The highest BCUT2D eigenvalue weighted by Gasteiger charge is 2.11. The molecule has 0 saturated carbocycles. The number of nitrogens with one attached hydrogen (secondary N) is 1. The van der Waals surface area contributed by atoms with Crippen LogP contribution in [0.25, 0.3) is 22.5 Å². The number of benzene rings is 2. The molecule has 8 nitrogen and oxygen atoms in total. The molecule has 2 heterocycles. The lowest BCUT2D eigenvalue weighted by molar-refractivity contribution is -0.118. The van der Waals surface area contributed by atoms with Crippen molar-refractivity contribution in [1.29, 1.82) is 0 Å². The number of fused-ring (bicyclic) bond motifs is 1. The van der Waals surface area contributed by atoms with Crippen molar-refractivity contribution in [3.8, 4) is 17.2 Å². The van der Waals surface area contributed by atoms with Crippen LogP contribution < -0.4 is 10.1 Å². The van der Waals surface area contributed by atoms with E-state index in [4.69, 9.17) is 9.15 Å². The van der Waals surface area contributed by atoms with Crippen molar-refractivity contribution >= 4 is 28.7 Å².